The van der Waals surface area contributed by atoms with Gasteiger partial charge in [-0.3, -0.25) is 0 Å². The molecule has 0 heterocycles. The van der Waals surface area contributed by atoms with Crippen LogP contribution in [0.3, 0.4) is 0 Å². The Bertz CT molecular complexity index is 35.3. The van der Waals surface area contributed by atoms with Gasteiger partial charge in [0.25, 0.3) is 6.48 Å². The zero-order valence-electron chi connectivity index (χ0n) is 6.55. The van der Waals surface area contributed by atoms with Crippen LogP contribution < -0.4 is 0 Å². The summed E-state index contributed by atoms with van der Waals surface area (Å²) in [4.78, 5) is 0. The van der Waals surface area contributed by atoms with E-state index in [2.05, 4.69) is 23.3 Å². The molecule has 0 fully saturated rings. The fourth-order valence-electron chi connectivity index (χ4n) is 0.0962. The average Bonchev–Trinajstić information content (AvgIpc) is 1.88. The molecular weight excluding hydrogens is 120 g/mol. The summed E-state index contributed by atoms with van der Waals surface area (Å²) in [5, 5.41) is 8.22. The lowest BCUT2D eigenvalue weighted by atomic mass is 10.6. The molecule has 0 aliphatic rings. The van der Waals surface area contributed by atoms with Crippen molar-refractivity contribution in [1.29, 1.82) is 0 Å². The minimum atomic E-state index is -1.06. The maximum atomic E-state index is 8.22. The molecule has 0 aliphatic carbocycles. The van der Waals surface area contributed by atoms with Gasteiger partial charge in [0.05, 0.1) is 0 Å². The van der Waals surface area contributed by atoms with Gasteiger partial charge in [0.1, 0.15) is 0 Å². The van der Waals surface area contributed by atoms with Crippen LogP contribution in [-0.4, -0.2) is 25.8 Å². The summed E-state index contributed by atoms with van der Waals surface area (Å²) < 4.78 is 8.47. The van der Waals surface area contributed by atoms with E-state index in [1.54, 1.807) is 0 Å². The number of aliphatic hydroxyl groups excluding tert-OH is 1. The lowest BCUT2D eigenvalue weighted by Crippen LogP contribution is -2.09. The third-order valence-corrected chi connectivity index (χ3v) is 0.403. The third-order valence-electron chi connectivity index (χ3n) is 0.403. The monoisotopic (exact) mass is 136 g/mol. The molecule has 0 unspecified atom stereocenters. The molecule has 0 bridgehead atoms. The first-order valence-electron chi connectivity index (χ1n) is 2.96. The normalized spacial score (nSPS) is 8.67. The number of rotatable bonds is 2. The van der Waals surface area contributed by atoms with Gasteiger partial charge in [0.2, 0.25) is 0 Å². The zero-order chi connectivity index (χ0) is 7.70. The van der Waals surface area contributed by atoms with Gasteiger partial charge >= 0.3 is 0 Å². The van der Waals surface area contributed by atoms with Crippen LogP contribution in [0.4, 0.5) is 0 Å². The summed E-state index contributed by atoms with van der Waals surface area (Å²) in [7, 11) is 2.71. The molecule has 0 atom stereocenters. The van der Waals surface area contributed by atoms with E-state index in [1.807, 2.05) is 0 Å². The Morgan fingerprint density at radius 3 is 1.44 bits per heavy atom. The Kier molecular flexibility index (Phi) is 14.0. The standard InChI is InChI=1S/C3H8O3.C3H8/c1-5-3(4)6-2;1-3-2/h3-4H,1-2H3;3H2,1-2H3. The molecule has 0 saturated heterocycles. The van der Waals surface area contributed by atoms with Crippen molar-refractivity contribution in [1.82, 2.24) is 0 Å². The van der Waals surface area contributed by atoms with Gasteiger partial charge in [-0.1, -0.05) is 20.3 Å². The molecule has 0 rings (SSSR count). The molecule has 0 aromatic heterocycles. The quantitative estimate of drug-likeness (QED) is 0.575. The summed E-state index contributed by atoms with van der Waals surface area (Å²) in [6.07, 6.45) is 1.25. The molecule has 0 amide bonds. The van der Waals surface area contributed by atoms with Gasteiger partial charge in [0, 0.05) is 14.2 Å². The molecule has 0 radical (unpaired) electrons. The molecule has 58 valence electrons. The largest absolute Gasteiger partial charge is 0.346 e. The molecule has 9 heavy (non-hydrogen) atoms. The summed E-state index contributed by atoms with van der Waals surface area (Å²) in [6, 6.07) is 0. The molecule has 1 N–H and O–H groups in total. The first kappa shape index (κ1) is 11.6. The first-order valence-corrected chi connectivity index (χ1v) is 2.96. The van der Waals surface area contributed by atoms with Crippen LogP contribution in [0.2, 0.25) is 0 Å². The Balaban J connectivity index is 0. The van der Waals surface area contributed by atoms with Gasteiger partial charge in [-0.15, -0.1) is 0 Å². The van der Waals surface area contributed by atoms with E-state index >= 15 is 0 Å². The topological polar surface area (TPSA) is 38.7 Å². The van der Waals surface area contributed by atoms with Crippen molar-refractivity contribution in [3.8, 4) is 0 Å². The lowest BCUT2D eigenvalue weighted by Gasteiger charge is -2.01. The SMILES string of the molecule is CCC.COC(O)OC. The van der Waals surface area contributed by atoms with Gasteiger partial charge in [-0.05, 0) is 0 Å². The molecule has 0 saturated carbocycles. The highest BCUT2D eigenvalue weighted by Gasteiger charge is 1.90. The Morgan fingerprint density at radius 1 is 1.22 bits per heavy atom. The van der Waals surface area contributed by atoms with E-state index in [1.165, 1.54) is 20.6 Å². The Labute approximate surface area is 56.6 Å². The zero-order valence-corrected chi connectivity index (χ0v) is 6.55. The van der Waals surface area contributed by atoms with E-state index in [9.17, 15) is 0 Å². The second-order valence-corrected chi connectivity index (χ2v) is 1.49. The summed E-state index contributed by atoms with van der Waals surface area (Å²) in [6.45, 7) is 3.19. The average molecular weight is 136 g/mol. The minimum Gasteiger partial charge on any atom is -0.346 e. The van der Waals surface area contributed by atoms with Crippen molar-refractivity contribution in [2.45, 2.75) is 26.7 Å². The molecular formula is C6H16O3. The molecule has 0 spiro atoms. The van der Waals surface area contributed by atoms with Crippen LogP contribution in [0.15, 0.2) is 0 Å². The first-order chi connectivity index (χ1) is 4.22. The molecule has 0 aromatic carbocycles. The van der Waals surface area contributed by atoms with Crippen LogP contribution in [0.25, 0.3) is 0 Å². The number of ether oxygens (including phenoxy) is 2. The van der Waals surface area contributed by atoms with Crippen LogP contribution in [0, 0.1) is 0 Å². The van der Waals surface area contributed by atoms with E-state index in [0.717, 1.165) is 0 Å². The van der Waals surface area contributed by atoms with Crippen molar-refractivity contribution in [3.05, 3.63) is 0 Å². The minimum absolute atomic E-state index is 1.06. The fourth-order valence-corrected chi connectivity index (χ4v) is 0.0962. The molecule has 3 nitrogen and oxygen atoms in total. The highest BCUT2D eigenvalue weighted by atomic mass is 16.8. The maximum absolute atomic E-state index is 8.22. The van der Waals surface area contributed by atoms with E-state index < -0.39 is 6.48 Å². The van der Waals surface area contributed by atoms with Crippen LogP contribution in [0.5, 0.6) is 0 Å². The van der Waals surface area contributed by atoms with Crippen LogP contribution >= 0.6 is 0 Å². The summed E-state index contributed by atoms with van der Waals surface area (Å²) in [5.74, 6) is 0. The molecule has 3 heteroatoms. The van der Waals surface area contributed by atoms with Gasteiger partial charge < -0.3 is 14.6 Å². The second-order valence-electron chi connectivity index (χ2n) is 1.49. The van der Waals surface area contributed by atoms with E-state index in [0.29, 0.717) is 0 Å². The summed E-state index contributed by atoms with van der Waals surface area (Å²) >= 11 is 0. The van der Waals surface area contributed by atoms with Crippen molar-refractivity contribution in [2.24, 2.45) is 0 Å². The van der Waals surface area contributed by atoms with Gasteiger partial charge in [0.15, 0.2) is 0 Å². The Morgan fingerprint density at radius 2 is 1.44 bits per heavy atom. The van der Waals surface area contributed by atoms with Gasteiger partial charge in [-0.25, -0.2) is 0 Å². The smallest absolute Gasteiger partial charge is 0.268 e. The lowest BCUT2D eigenvalue weighted by molar-refractivity contribution is -0.236. The second kappa shape index (κ2) is 10.8. The Hall–Kier alpha value is -0.120. The molecule has 0 aliphatic heterocycles. The number of hydrogen-bond acceptors (Lipinski definition) is 3. The number of aliphatic hydroxyl groups is 1. The summed E-state index contributed by atoms with van der Waals surface area (Å²) in [5.41, 5.74) is 0. The van der Waals surface area contributed by atoms with Crippen LogP contribution in [-0.2, 0) is 9.47 Å². The predicted molar refractivity (Wildman–Crippen MR) is 36.0 cm³/mol. The van der Waals surface area contributed by atoms with E-state index in [-0.39, 0.29) is 0 Å². The fraction of sp³-hybridized carbons (Fsp3) is 1.00. The highest BCUT2D eigenvalue weighted by molar-refractivity contribution is 4.00. The van der Waals surface area contributed by atoms with Crippen molar-refractivity contribution < 1.29 is 14.6 Å². The van der Waals surface area contributed by atoms with Crippen LogP contribution in [0.1, 0.15) is 20.3 Å². The van der Waals surface area contributed by atoms with Gasteiger partial charge in [-0.2, -0.15) is 0 Å². The van der Waals surface area contributed by atoms with E-state index in [4.69, 9.17) is 5.11 Å². The number of hydrogen-bond donors (Lipinski definition) is 1. The third kappa shape index (κ3) is 18.1. The highest BCUT2D eigenvalue weighted by Crippen LogP contribution is 1.78. The van der Waals surface area contributed by atoms with Crippen molar-refractivity contribution in [3.63, 3.8) is 0 Å². The number of methoxy groups -OCH3 is 2. The maximum Gasteiger partial charge on any atom is 0.268 e. The predicted octanol–water partition coefficient (Wildman–Crippen LogP) is 0.971. The molecule has 0 aromatic rings. The van der Waals surface area contributed by atoms with Crippen molar-refractivity contribution in [2.75, 3.05) is 14.2 Å². The van der Waals surface area contributed by atoms with Crippen molar-refractivity contribution >= 4 is 0 Å².